The Hall–Kier alpha value is -1.33. The third kappa shape index (κ3) is 1.71. The molecule has 0 spiro atoms. The molecule has 0 bridgehead atoms. The summed E-state index contributed by atoms with van der Waals surface area (Å²) in [4.78, 5) is 21.3. The molecule has 74 valence electrons. The predicted octanol–water partition coefficient (Wildman–Crippen LogP) is 0.298. The van der Waals surface area contributed by atoms with Crippen LogP contribution in [0.2, 0.25) is 0 Å². The van der Waals surface area contributed by atoms with Crippen molar-refractivity contribution in [3.63, 3.8) is 0 Å². The number of halogens is 1. The molecule has 0 aliphatic heterocycles. The third-order valence-corrected chi connectivity index (χ3v) is 1.86. The SMILES string of the molecule is CCOC(=O)NC1(C(=O)O)CC1F. The number of amides is 1. The van der Waals surface area contributed by atoms with Gasteiger partial charge in [-0.2, -0.15) is 0 Å². The molecule has 2 unspecified atom stereocenters. The van der Waals surface area contributed by atoms with Crippen LogP contribution in [0.1, 0.15) is 13.3 Å². The first-order chi connectivity index (χ1) is 6.03. The van der Waals surface area contributed by atoms with E-state index in [0.717, 1.165) is 0 Å². The van der Waals surface area contributed by atoms with E-state index in [2.05, 4.69) is 4.74 Å². The van der Waals surface area contributed by atoms with E-state index < -0.39 is 23.8 Å². The molecule has 1 aliphatic rings. The molecule has 6 heteroatoms. The Bertz CT molecular complexity index is 245. The summed E-state index contributed by atoms with van der Waals surface area (Å²) < 4.78 is 17.1. The molecule has 5 nitrogen and oxygen atoms in total. The quantitative estimate of drug-likeness (QED) is 0.672. The lowest BCUT2D eigenvalue weighted by molar-refractivity contribution is -0.141. The molecule has 1 rings (SSSR count). The molecule has 0 heterocycles. The number of carboxylic acids is 1. The summed E-state index contributed by atoms with van der Waals surface area (Å²) in [7, 11) is 0. The molecule has 0 saturated heterocycles. The fourth-order valence-corrected chi connectivity index (χ4v) is 0.977. The first-order valence-electron chi connectivity index (χ1n) is 3.85. The van der Waals surface area contributed by atoms with Crippen LogP contribution in [-0.2, 0) is 9.53 Å². The normalized spacial score (nSPS) is 30.8. The van der Waals surface area contributed by atoms with E-state index in [1.54, 1.807) is 6.92 Å². The summed E-state index contributed by atoms with van der Waals surface area (Å²) in [5, 5.41) is 10.6. The fourth-order valence-electron chi connectivity index (χ4n) is 0.977. The van der Waals surface area contributed by atoms with Crippen molar-refractivity contribution >= 4 is 12.1 Å². The van der Waals surface area contributed by atoms with E-state index in [1.807, 2.05) is 5.32 Å². The van der Waals surface area contributed by atoms with Crippen LogP contribution < -0.4 is 5.32 Å². The lowest BCUT2D eigenvalue weighted by Crippen LogP contribution is -2.45. The van der Waals surface area contributed by atoms with E-state index in [-0.39, 0.29) is 13.0 Å². The number of carboxylic acid groups (broad SMARTS) is 1. The number of carbonyl (C=O) groups excluding carboxylic acids is 1. The van der Waals surface area contributed by atoms with Gasteiger partial charge in [-0.15, -0.1) is 0 Å². The summed E-state index contributed by atoms with van der Waals surface area (Å²) in [6, 6.07) is 0. The van der Waals surface area contributed by atoms with Gasteiger partial charge in [-0.3, -0.25) is 0 Å². The number of rotatable bonds is 3. The summed E-state index contributed by atoms with van der Waals surface area (Å²) in [5.74, 6) is -1.37. The number of hydrogen-bond acceptors (Lipinski definition) is 3. The molecule has 0 radical (unpaired) electrons. The summed E-state index contributed by atoms with van der Waals surface area (Å²) in [6.45, 7) is 1.70. The zero-order valence-corrected chi connectivity index (χ0v) is 7.04. The second-order valence-electron chi connectivity index (χ2n) is 2.79. The molecule has 13 heavy (non-hydrogen) atoms. The highest BCUT2D eigenvalue weighted by Gasteiger charge is 2.63. The number of alkyl carbamates (subject to hydrolysis) is 1. The van der Waals surface area contributed by atoms with E-state index in [9.17, 15) is 14.0 Å². The zero-order valence-electron chi connectivity index (χ0n) is 7.04. The number of carbonyl (C=O) groups is 2. The Balaban J connectivity index is 2.52. The highest BCUT2D eigenvalue weighted by Crippen LogP contribution is 2.39. The average Bonchev–Trinajstić information content (AvgIpc) is 2.63. The Morgan fingerprint density at radius 2 is 2.31 bits per heavy atom. The summed E-state index contributed by atoms with van der Waals surface area (Å²) in [5.41, 5.74) is -1.74. The van der Waals surface area contributed by atoms with E-state index >= 15 is 0 Å². The van der Waals surface area contributed by atoms with Gasteiger partial charge in [0.25, 0.3) is 0 Å². The van der Waals surface area contributed by atoms with Gasteiger partial charge < -0.3 is 15.2 Å². The lowest BCUT2D eigenvalue weighted by Gasteiger charge is -2.11. The van der Waals surface area contributed by atoms with Crippen molar-refractivity contribution in [2.24, 2.45) is 0 Å². The van der Waals surface area contributed by atoms with Crippen molar-refractivity contribution in [1.29, 1.82) is 0 Å². The monoisotopic (exact) mass is 191 g/mol. The highest BCUT2D eigenvalue weighted by atomic mass is 19.1. The van der Waals surface area contributed by atoms with Crippen LogP contribution >= 0.6 is 0 Å². The van der Waals surface area contributed by atoms with Crippen LogP contribution in [0.15, 0.2) is 0 Å². The molecule has 1 fully saturated rings. The maximum atomic E-state index is 12.6. The van der Waals surface area contributed by atoms with Crippen LogP contribution in [0.25, 0.3) is 0 Å². The minimum Gasteiger partial charge on any atom is -0.479 e. The average molecular weight is 191 g/mol. The van der Waals surface area contributed by atoms with Gasteiger partial charge in [0.1, 0.15) is 6.17 Å². The fraction of sp³-hybridized carbons (Fsp3) is 0.714. The molecule has 1 aliphatic carbocycles. The molecule has 0 aromatic carbocycles. The largest absolute Gasteiger partial charge is 0.479 e. The van der Waals surface area contributed by atoms with Crippen LogP contribution in [0.4, 0.5) is 9.18 Å². The Labute approximate surface area is 73.9 Å². The molecule has 1 amide bonds. The maximum Gasteiger partial charge on any atom is 0.408 e. The standard InChI is InChI=1S/C7H10FNO4/c1-2-13-6(12)9-7(5(10)11)3-4(7)8/h4H,2-3H2,1H3,(H,9,12)(H,10,11). The highest BCUT2D eigenvalue weighted by molar-refractivity contribution is 5.88. The van der Waals surface area contributed by atoms with Crippen molar-refractivity contribution in [3.05, 3.63) is 0 Å². The van der Waals surface area contributed by atoms with Gasteiger partial charge in [0.05, 0.1) is 6.61 Å². The van der Waals surface area contributed by atoms with Gasteiger partial charge in [-0.1, -0.05) is 0 Å². The molecule has 1 saturated carbocycles. The number of alkyl halides is 1. The third-order valence-electron chi connectivity index (χ3n) is 1.86. The topological polar surface area (TPSA) is 75.6 Å². The van der Waals surface area contributed by atoms with Gasteiger partial charge in [0.15, 0.2) is 5.54 Å². The lowest BCUT2D eigenvalue weighted by atomic mass is 10.3. The van der Waals surface area contributed by atoms with E-state index in [0.29, 0.717) is 0 Å². The van der Waals surface area contributed by atoms with Crippen molar-refractivity contribution in [2.45, 2.75) is 25.1 Å². The van der Waals surface area contributed by atoms with Crippen LogP contribution in [0.3, 0.4) is 0 Å². The van der Waals surface area contributed by atoms with Crippen molar-refractivity contribution in [2.75, 3.05) is 6.61 Å². The van der Waals surface area contributed by atoms with Gasteiger partial charge in [-0.05, 0) is 6.92 Å². The van der Waals surface area contributed by atoms with Crippen molar-refractivity contribution in [3.8, 4) is 0 Å². The van der Waals surface area contributed by atoms with Gasteiger partial charge >= 0.3 is 12.1 Å². The van der Waals surface area contributed by atoms with Gasteiger partial charge in [-0.25, -0.2) is 14.0 Å². The number of nitrogens with one attached hydrogen (secondary N) is 1. The Morgan fingerprint density at radius 3 is 2.62 bits per heavy atom. The number of aliphatic carboxylic acids is 1. The minimum atomic E-state index is -1.74. The molecular weight excluding hydrogens is 181 g/mol. The maximum absolute atomic E-state index is 12.6. The molecular formula is C7H10FNO4. The second-order valence-corrected chi connectivity index (χ2v) is 2.79. The molecule has 0 aromatic rings. The second kappa shape index (κ2) is 3.20. The van der Waals surface area contributed by atoms with Crippen molar-refractivity contribution < 1.29 is 23.8 Å². The van der Waals surface area contributed by atoms with Crippen LogP contribution in [0, 0.1) is 0 Å². The van der Waals surface area contributed by atoms with Crippen LogP contribution in [0.5, 0.6) is 0 Å². The Morgan fingerprint density at radius 1 is 1.77 bits per heavy atom. The first-order valence-corrected chi connectivity index (χ1v) is 3.85. The number of ether oxygens (including phenoxy) is 1. The summed E-state index contributed by atoms with van der Waals surface area (Å²) in [6.07, 6.45) is -2.61. The summed E-state index contributed by atoms with van der Waals surface area (Å²) >= 11 is 0. The molecule has 2 N–H and O–H groups in total. The first kappa shape index (κ1) is 9.76. The molecule has 0 aromatic heterocycles. The zero-order chi connectivity index (χ0) is 10.1. The van der Waals surface area contributed by atoms with Gasteiger partial charge in [0, 0.05) is 6.42 Å². The Kier molecular flexibility index (Phi) is 2.40. The van der Waals surface area contributed by atoms with Crippen LogP contribution in [-0.4, -0.2) is 35.5 Å². The minimum absolute atomic E-state index is 0.123. The predicted molar refractivity (Wildman–Crippen MR) is 40.0 cm³/mol. The van der Waals surface area contributed by atoms with Gasteiger partial charge in [0.2, 0.25) is 0 Å². The van der Waals surface area contributed by atoms with Crippen molar-refractivity contribution in [1.82, 2.24) is 5.32 Å². The molecule has 2 atom stereocenters. The number of hydrogen-bond donors (Lipinski definition) is 2. The van der Waals surface area contributed by atoms with E-state index in [4.69, 9.17) is 5.11 Å². The van der Waals surface area contributed by atoms with E-state index in [1.165, 1.54) is 0 Å². The smallest absolute Gasteiger partial charge is 0.408 e.